The Bertz CT molecular complexity index is 3090. The molecule has 3 nitrogen and oxygen atoms in total. The van der Waals surface area contributed by atoms with Gasteiger partial charge in [-0.15, -0.1) is 0 Å². The summed E-state index contributed by atoms with van der Waals surface area (Å²) in [6, 6.07) is 54.7. The lowest BCUT2D eigenvalue weighted by Gasteiger charge is -2.10. The van der Waals surface area contributed by atoms with Gasteiger partial charge in [-0.05, 0) is 102 Å². The number of furan rings is 1. The summed E-state index contributed by atoms with van der Waals surface area (Å²) in [4.78, 5) is 0. The fourth-order valence-electron chi connectivity index (χ4n) is 8.07. The summed E-state index contributed by atoms with van der Waals surface area (Å²) < 4.78 is 11.0. The van der Waals surface area contributed by atoms with Crippen molar-refractivity contribution in [1.82, 2.24) is 9.13 Å². The van der Waals surface area contributed by atoms with Crippen molar-refractivity contribution in [2.24, 2.45) is 0 Å². The topological polar surface area (TPSA) is 23.0 Å². The van der Waals surface area contributed by atoms with Gasteiger partial charge in [0.15, 0.2) is 0 Å². The van der Waals surface area contributed by atoms with Gasteiger partial charge in [0, 0.05) is 49.8 Å². The Balaban J connectivity index is 1.17. The van der Waals surface area contributed by atoms with Gasteiger partial charge in [0.2, 0.25) is 0 Å². The smallest absolute Gasteiger partial charge is 0.137 e. The zero-order valence-electron chi connectivity index (χ0n) is 28.8. The Hall–Kier alpha value is -6.84. The van der Waals surface area contributed by atoms with Crippen LogP contribution in [0.5, 0.6) is 0 Å². The second-order valence-electron chi connectivity index (χ2n) is 13.4. The highest BCUT2D eigenvalue weighted by molar-refractivity contribution is 6.14. The Kier molecular flexibility index (Phi) is 6.87. The van der Waals surface area contributed by atoms with Crippen LogP contribution < -0.4 is 0 Å². The van der Waals surface area contributed by atoms with Gasteiger partial charge in [-0.1, -0.05) is 104 Å². The molecule has 0 aliphatic heterocycles. The minimum absolute atomic E-state index is 0.893. The van der Waals surface area contributed by atoms with Crippen molar-refractivity contribution in [2.45, 2.75) is 6.92 Å². The molecule has 52 heavy (non-hydrogen) atoms. The predicted octanol–water partition coefficient (Wildman–Crippen LogP) is 13.7. The van der Waals surface area contributed by atoms with E-state index in [4.69, 9.17) is 4.42 Å². The van der Waals surface area contributed by atoms with Crippen molar-refractivity contribution in [3.05, 3.63) is 183 Å². The largest absolute Gasteiger partial charge is 0.456 e. The normalized spacial score (nSPS) is 12.4. The first kappa shape index (κ1) is 30.0. The van der Waals surface area contributed by atoms with Crippen LogP contribution in [-0.2, 0) is 0 Å². The summed E-state index contributed by atoms with van der Waals surface area (Å²) in [5.41, 5.74) is 13.4. The van der Waals surface area contributed by atoms with Gasteiger partial charge in [0.1, 0.15) is 11.2 Å². The fourth-order valence-corrected chi connectivity index (χ4v) is 8.07. The molecule has 7 aromatic carbocycles. The van der Waals surface area contributed by atoms with Crippen LogP contribution in [0.1, 0.15) is 6.92 Å². The van der Waals surface area contributed by atoms with Gasteiger partial charge in [-0.2, -0.15) is 0 Å². The molecule has 0 radical (unpaired) electrons. The van der Waals surface area contributed by atoms with E-state index in [0.29, 0.717) is 0 Å². The lowest BCUT2D eigenvalue weighted by Crippen LogP contribution is -1.94. The summed E-state index contributed by atoms with van der Waals surface area (Å²) in [7, 11) is 0. The van der Waals surface area contributed by atoms with E-state index in [1.807, 2.05) is 18.2 Å². The van der Waals surface area contributed by atoms with Gasteiger partial charge in [-0.3, -0.25) is 0 Å². The van der Waals surface area contributed by atoms with E-state index in [2.05, 4.69) is 180 Å². The van der Waals surface area contributed by atoms with Gasteiger partial charge >= 0.3 is 0 Å². The van der Waals surface area contributed by atoms with Crippen LogP contribution in [0.25, 0.3) is 99.2 Å². The van der Waals surface area contributed by atoms with Crippen LogP contribution in [0.15, 0.2) is 187 Å². The quantitative estimate of drug-likeness (QED) is 0.162. The molecule has 0 fully saturated rings. The first-order valence-electron chi connectivity index (χ1n) is 17.7. The number of hydrogen-bond acceptors (Lipinski definition) is 1. The van der Waals surface area contributed by atoms with Crippen molar-refractivity contribution in [3.63, 3.8) is 0 Å². The molecular formula is C49H34N2O. The minimum atomic E-state index is 0.893. The number of nitrogens with zero attached hydrogens (tertiary/aromatic N) is 2. The van der Waals surface area contributed by atoms with E-state index in [1.54, 1.807) is 0 Å². The number of rotatable bonds is 6. The van der Waals surface area contributed by atoms with Crippen molar-refractivity contribution >= 4 is 71.2 Å². The molecule has 246 valence electrons. The van der Waals surface area contributed by atoms with Crippen molar-refractivity contribution in [3.8, 4) is 27.9 Å². The lowest BCUT2D eigenvalue weighted by atomic mass is 9.99. The molecule has 0 N–H and O–H groups in total. The summed E-state index contributed by atoms with van der Waals surface area (Å²) in [5.74, 6) is 0. The van der Waals surface area contributed by atoms with Crippen LogP contribution in [0.2, 0.25) is 0 Å². The third-order valence-electron chi connectivity index (χ3n) is 10.4. The van der Waals surface area contributed by atoms with Crippen LogP contribution in [-0.4, -0.2) is 9.13 Å². The first-order chi connectivity index (χ1) is 25.7. The van der Waals surface area contributed by atoms with Gasteiger partial charge in [-0.25, -0.2) is 0 Å². The molecule has 10 rings (SSSR count). The number of hydrogen-bond donors (Lipinski definition) is 0. The molecule has 3 heterocycles. The number of allylic oxidation sites excluding steroid dienone is 5. The molecule has 3 aromatic heterocycles. The fraction of sp³-hybridized carbons (Fsp3) is 0.0204. The van der Waals surface area contributed by atoms with Crippen LogP contribution in [0.3, 0.4) is 0 Å². The monoisotopic (exact) mass is 666 g/mol. The molecule has 0 amide bonds. The Labute approximate surface area is 301 Å². The van der Waals surface area contributed by atoms with E-state index < -0.39 is 0 Å². The zero-order chi connectivity index (χ0) is 34.8. The SMILES string of the molecule is C=C/C=C(\C=C/C)n1c2ccc(-c3ccccc3)cc2c2cc(-c3ccc4c(c3)c3ccccc3n4-c3ccc4c(c3)oc3ccccc34)ccc21. The number of para-hydroxylation sites is 2. The third-order valence-corrected chi connectivity index (χ3v) is 10.4. The second kappa shape index (κ2) is 11.9. The van der Waals surface area contributed by atoms with E-state index in [0.717, 1.165) is 49.9 Å². The van der Waals surface area contributed by atoms with E-state index in [-0.39, 0.29) is 0 Å². The summed E-state index contributed by atoms with van der Waals surface area (Å²) >= 11 is 0. The Morgan fingerprint density at radius 1 is 0.500 bits per heavy atom. The highest BCUT2D eigenvalue weighted by Gasteiger charge is 2.18. The standard InChI is InChI=1S/C49H34N2O/c1-3-12-36(13-4-2)50-46-25-20-33(32-14-6-5-7-15-32)28-42(46)43-30-35(22-27-47(43)50)34-21-26-45-41(29-34)38-16-8-10-18-44(38)51(45)37-23-24-40-39-17-9-11-19-48(39)52-49(40)31-37/h3-31H,1H2,2H3/b13-4-,36-12+. The van der Waals surface area contributed by atoms with E-state index in [9.17, 15) is 0 Å². The summed E-state index contributed by atoms with van der Waals surface area (Å²) in [6.45, 7) is 6.08. The molecule has 0 aliphatic carbocycles. The average molecular weight is 667 g/mol. The maximum Gasteiger partial charge on any atom is 0.137 e. The van der Waals surface area contributed by atoms with Crippen molar-refractivity contribution in [1.29, 1.82) is 0 Å². The highest BCUT2D eigenvalue weighted by atomic mass is 16.3. The van der Waals surface area contributed by atoms with E-state index in [1.165, 1.54) is 49.3 Å². The third kappa shape index (κ3) is 4.60. The minimum Gasteiger partial charge on any atom is -0.456 e. The van der Waals surface area contributed by atoms with Crippen LogP contribution >= 0.6 is 0 Å². The summed E-state index contributed by atoms with van der Waals surface area (Å²) in [5, 5.41) is 7.15. The number of aromatic nitrogens is 2. The van der Waals surface area contributed by atoms with Gasteiger partial charge in [0.25, 0.3) is 0 Å². The lowest BCUT2D eigenvalue weighted by molar-refractivity contribution is 0.668. The molecule has 0 atom stereocenters. The summed E-state index contributed by atoms with van der Waals surface area (Å²) in [6.07, 6.45) is 8.17. The van der Waals surface area contributed by atoms with Gasteiger partial charge < -0.3 is 13.6 Å². The van der Waals surface area contributed by atoms with Crippen LogP contribution in [0, 0.1) is 0 Å². The Morgan fingerprint density at radius 3 is 1.79 bits per heavy atom. The first-order valence-corrected chi connectivity index (χ1v) is 17.7. The molecular weight excluding hydrogens is 633 g/mol. The molecule has 0 aliphatic rings. The molecule has 0 saturated heterocycles. The molecule has 0 spiro atoms. The zero-order valence-corrected chi connectivity index (χ0v) is 28.8. The molecule has 10 aromatic rings. The van der Waals surface area contributed by atoms with Crippen LogP contribution in [0.4, 0.5) is 0 Å². The van der Waals surface area contributed by atoms with Crippen molar-refractivity contribution < 1.29 is 4.42 Å². The second-order valence-corrected chi connectivity index (χ2v) is 13.4. The molecule has 3 heteroatoms. The molecule has 0 bridgehead atoms. The average Bonchev–Trinajstić information content (AvgIpc) is 3.84. The Morgan fingerprint density at radius 2 is 1.08 bits per heavy atom. The predicted molar refractivity (Wildman–Crippen MR) is 221 cm³/mol. The maximum atomic E-state index is 6.31. The highest BCUT2D eigenvalue weighted by Crippen LogP contribution is 2.40. The van der Waals surface area contributed by atoms with Gasteiger partial charge in [0.05, 0.1) is 22.1 Å². The van der Waals surface area contributed by atoms with E-state index >= 15 is 0 Å². The molecule has 0 saturated carbocycles. The van der Waals surface area contributed by atoms with Crippen molar-refractivity contribution in [2.75, 3.05) is 0 Å². The molecule has 0 unspecified atom stereocenters. The maximum absolute atomic E-state index is 6.31. The number of benzene rings is 7. The number of fused-ring (bicyclic) bond motifs is 9.